The van der Waals surface area contributed by atoms with Crippen LogP contribution in [0.5, 0.6) is 0 Å². The lowest BCUT2D eigenvalue weighted by molar-refractivity contribution is -0.117. The Morgan fingerprint density at radius 3 is 2.83 bits per heavy atom. The van der Waals surface area contributed by atoms with Gasteiger partial charge < -0.3 is 16.0 Å². The molecule has 3 aromatic rings. The molecule has 1 atom stereocenters. The van der Waals surface area contributed by atoms with Gasteiger partial charge in [-0.2, -0.15) is 4.98 Å². The molecule has 0 aliphatic carbocycles. The second kappa shape index (κ2) is 10.00. The number of pyridine rings is 1. The molecule has 12 heteroatoms. The number of halogens is 1. The molecule has 6 bridgehead atoms. The highest BCUT2D eigenvalue weighted by Gasteiger charge is 2.30. The molecule has 0 saturated carbocycles. The molecule has 4 heterocycles. The molecule has 1 saturated heterocycles. The number of sulfonamides is 1. The lowest BCUT2D eigenvalue weighted by atomic mass is 10.0. The minimum Gasteiger partial charge on any atom is -0.339 e. The summed E-state index contributed by atoms with van der Waals surface area (Å²) in [5, 5.41) is 9.81. The summed E-state index contributed by atoms with van der Waals surface area (Å²) < 4.78 is 25.0. The summed E-state index contributed by atoms with van der Waals surface area (Å²) in [6.07, 6.45) is 8.56. The average molecular weight is 528 g/mol. The maximum absolute atomic E-state index is 12.9. The molecule has 36 heavy (non-hydrogen) atoms. The molecular formula is C24H26ClN7O3S. The fraction of sp³-hybridized carbons (Fsp3) is 0.333. The second-order valence-electron chi connectivity index (χ2n) is 9.12. The van der Waals surface area contributed by atoms with Crippen molar-refractivity contribution >= 4 is 56.4 Å². The van der Waals surface area contributed by atoms with Gasteiger partial charge in [0, 0.05) is 37.1 Å². The third-order valence-electron chi connectivity index (χ3n) is 6.31. The van der Waals surface area contributed by atoms with Gasteiger partial charge >= 0.3 is 0 Å². The van der Waals surface area contributed by atoms with Crippen LogP contribution in [0.1, 0.15) is 24.0 Å². The van der Waals surface area contributed by atoms with Crippen molar-refractivity contribution in [3.8, 4) is 0 Å². The van der Waals surface area contributed by atoms with Crippen LogP contribution in [0, 0.1) is 5.92 Å². The molecule has 2 aromatic heterocycles. The molecule has 5 rings (SSSR count). The number of carbonyl (C=O) groups excluding carboxylic acids is 1. The summed E-state index contributed by atoms with van der Waals surface area (Å²) in [6, 6.07) is 7.67. The Labute approximate surface area is 214 Å². The number of nitrogens with zero attached hydrogens (tertiary/aromatic N) is 4. The lowest BCUT2D eigenvalue weighted by Crippen LogP contribution is -2.28. The number of rotatable bonds is 4. The number of nitrogens with one attached hydrogen (secondary N) is 3. The van der Waals surface area contributed by atoms with Gasteiger partial charge in [0.15, 0.2) is 5.82 Å². The van der Waals surface area contributed by atoms with E-state index in [1.165, 1.54) is 16.8 Å². The zero-order chi connectivity index (χ0) is 25.3. The molecule has 0 unspecified atom stereocenters. The minimum absolute atomic E-state index is 0.00106. The Balaban J connectivity index is 1.38. The fourth-order valence-corrected chi connectivity index (χ4v) is 5.54. The van der Waals surface area contributed by atoms with E-state index in [2.05, 4.69) is 30.9 Å². The zero-order valence-corrected chi connectivity index (χ0v) is 21.2. The molecule has 1 amide bonds. The van der Waals surface area contributed by atoms with Crippen molar-refractivity contribution in [2.24, 2.45) is 5.92 Å². The van der Waals surface area contributed by atoms with E-state index < -0.39 is 10.0 Å². The number of carbonyl (C=O) groups is 1. The third kappa shape index (κ3) is 5.75. The van der Waals surface area contributed by atoms with Gasteiger partial charge in [-0.3, -0.25) is 9.78 Å². The van der Waals surface area contributed by atoms with Gasteiger partial charge in [-0.15, -0.1) is 0 Å². The first kappa shape index (κ1) is 24.4. The zero-order valence-electron chi connectivity index (χ0n) is 19.7. The fourth-order valence-electron chi connectivity index (χ4n) is 4.48. The van der Waals surface area contributed by atoms with Crippen LogP contribution >= 0.6 is 11.6 Å². The van der Waals surface area contributed by atoms with Gasteiger partial charge in [-0.25, -0.2) is 17.7 Å². The van der Waals surface area contributed by atoms with Crippen LogP contribution in [0.25, 0.3) is 0 Å². The second-order valence-corrected chi connectivity index (χ2v) is 11.5. The van der Waals surface area contributed by atoms with E-state index in [1.54, 1.807) is 6.20 Å². The number of fused-ring (bicyclic) bond motifs is 6. The van der Waals surface area contributed by atoms with Crippen LogP contribution in [0.4, 0.5) is 28.8 Å². The van der Waals surface area contributed by atoms with E-state index in [9.17, 15) is 13.2 Å². The van der Waals surface area contributed by atoms with Crippen LogP contribution in [0.2, 0.25) is 5.02 Å². The Hall–Kier alpha value is -3.28. The molecule has 3 N–H and O–H groups in total. The average Bonchev–Trinajstić information content (AvgIpc) is 3.30. The molecule has 188 valence electrons. The normalized spacial score (nSPS) is 17.7. The monoisotopic (exact) mass is 527 g/mol. The quantitative estimate of drug-likeness (QED) is 0.468. The number of hydrogen-bond donors (Lipinski definition) is 3. The van der Waals surface area contributed by atoms with Crippen molar-refractivity contribution in [2.75, 3.05) is 35.3 Å². The number of aryl methyl sites for hydroxylation is 2. The van der Waals surface area contributed by atoms with E-state index in [0.29, 0.717) is 49.1 Å². The Morgan fingerprint density at radius 2 is 2.03 bits per heavy atom. The number of aromatic nitrogens is 3. The SMILES string of the molecule is CS(=O)(=O)N1CC[C@H](CC(=O)Nc2ccc3cc2CCc2cncc(c2)Nc2ncc(Cl)c(n2)N3)C1. The van der Waals surface area contributed by atoms with Crippen molar-refractivity contribution < 1.29 is 13.2 Å². The first-order valence-corrected chi connectivity index (χ1v) is 13.8. The third-order valence-corrected chi connectivity index (χ3v) is 7.86. The number of amides is 1. The maximum atomic E-state index is 12.9. The largest absolute Gasteiger partial charge is 0.339 e. The van der Waals surface area contributed by atoms with E-state index >= 15 is 0 Å². The predicted octanol–water partition coefficient (Wildman–Crippen LogP) is 3.72. The van der Waals surface area contributed by atoms with Gasteiger partial charge in [-0.1, -0.05) is 11.6 Å². The van der Waals surface area contributed by atoms with Crippen molar-refractivity contribution in [3.63, 3.8) is 0 Å². The Morgan fingerprint density at radius 1 is 1.17 bits per heavy atom. The van der Waals surface area contributed by atoms with Crippen LogP contribution in [-0.4, -0.2) is 52.9 Å². The van der Waals surface area contributed by atoms with E-state index in [0.717, 1.165) is 28.2 Å². The summed E-state index contributed by atoms with van der Waals surface area (Å²) in [6.45, 7) is 0.832. The summed E-state index contributed by atoms with van der Waals surface area (Å²) in [5.41, 5.74) is 4.23. The van der Waals surface area contributed by atoms with Crippen LogP contribution in [0.3, 0.4) is 0 Å². The number of benzene rings is 1. The summed E-state index contributed by atoms with van der Waals surface area (Å²) in [4.78, 5) is 25.9. The summed E-state index contributed by atoms with van der Waals surface area (Å²) in [5.74, 6) is 0.718. The first-order valence-electron chi connectivity index (χ1n) is 11.6. The first-order chi connectivity index (χ1) is 17.2. The maximum Gasteiger partial charge on any atom is 0.229 e. The van der Waals surface area contributed by atoms with Crippen LogP contribution in [0.15, 0.2) is 42.9 Å². The highest BCUT2D eigenvalue weighted by atomic mass is 35.5. The molecule has 1 fully saturated rings. The topological polar surface area (TPSA) is 129 Å². The van der Waals surface area contributed by atoms with Crippen molar-refractivity contribution in [2.45, 2.75) is 25.7 Å². The molecule has 0 spiro atoms. The van der Waals surface area contributed by atoms with Gasteiger partial charge in [0.1, 0.15) is 5.02 Å². The van der Waals surface area contributed by atoms with Crippen LogP contribution < -0.4 is 16.0 Å². The van der Waals surface area contributed by atoms with Gasteiger partial charge in [0.25, 0.3) is 0 Å². The Bertz CT molecular complexity index is 1420. The summed E-state index contributed by atoms with van der Waals surface area (Å²) >= 11 is 6.33. The van der Waals surface area contributed by atoms with E-state index in [4.69, 9.17) is 11.6 Å². The summed E-state index contributed by atoms with van der Waals surface area (Å²) in [7, 11) is -3.24. The predicted molar refractivity (Wildman–Crippen MR) is 139 cm³/mol. The molecule has 2 aliphatic heterocycles. The standard InChI is InChI=1S/C24H26ClN7O3S/c1-36(34,35)32-7-6-16(14-32)9-22(33)30-21-5-4-18-10-17(21)3-2-15-8-19(12-26-11-15)29-24-27-13-20(25)23(28-18)31-24/h4-5,8,10-13,16H,2-3,6-7,9,14H2,1H3,(H,30,33)(H2,27,28,29,31)/t16-/m1/s1. The van der Waals surface area contributed by atoms with Gasteiger partial charge in [0.2, 0.25) is 21.9 Å². The van der Waals surface area contributed by atoms with E-state index in [1.807, 2.05) is 30.5 Å². The lowest BCUT2D eigenvalue weighted by Gasteiger charge is -2.16. The van der Waals surface area contributed by atoms with Gasteiger partial charge in [0.05, 0.1) is 24.3 Å². The highest BCUT2D eigenvalue weighted by Crippen LogP contribution is 2.30. The molecule has 1 aromatic carbocycles. The van der Waals surface area contributed by atoms with Crippen molar-refractivity contribution in [3.05, 3.63) is 59.0 Å². The number of anilines is 5. The van der Waals surface area contributed by atoms with Gasteiger partial charge in [-0.05, 0) is 60.6 Å². The van der Waals surface area contributed by atoms with E-state index in [-0.39, 0.29) is 18.2 Å². The molecular weight excluding hydrogens is 502 g/mol. The molecule has 2 aliphatic rings. The Kier molecular flexibility index (Phi) is 6.78. The smallest absolute Gasteiger partial charge is 0.229 e. The highest BCUT2D eigenvalue weighted by molar-refractivity contribution is 7.88. The number of hydrogen-bond acceptors (Lipinski definition) is 8. The molecule has 0 radical (unpaired) electrons. The van der Waals surface area contributed by atoms with Crippen molar-refractivity contribution in [1.82, 2.24) is 19.3 Å². The molecule has 10 nitrogen and oxygen atoms in total. The minimum atomic E-state index is -3.24. The van der Waals surface area contributed by atoms with Crippen LogP contribution in [-0.2, 0) is 27.7 Å². The van der Waals surface area contributed by atoms with Crippen molar-refractivity contribution in [1.29, 1.82) is 0 Å².